The van der Waals surface area contributed by atoms with Crippen molar-refractivity contribution in [2.45, 2.75) is 51.4 Å². The average Bonchev–Trinajstić information content (AvgIpc) is 2.83. The van der Waals surface area contributed by atoms with Crippen molar-refractivity contribution >= 4 is 23.7 Å². The number of alkyl halides is 2. The van der Waals surface area contributed by atoms with E-state index in [9.17, 15) is 34.4 Å². The number of Topliss-reactive ketones (excluding diaryl/α,β-unsaturated/α-hetero) is 1. The normalized spacial score (nSPS) is 21.6. The number of unbranched alkanes of at least 4 members (excludes halogenated alkanes) is 1. The number of halogens is 2. The first-order valence-electron chi connectivity index (χ1n) is 12.0. The van der Waals surface area contributed by atoms with Crippen molar-refractivity contribution in [1.29, 1.82) is 0 Å². The highest BCUT2D eigenvalue weighted by Crippen LogP contribution is 2.64. The molecule has 2 bridgehead atoms. The number of aromatic hydroxyl groups is 1. The summed E-state index contributed by atoms with van der Waals surface area (Å²) in [5.74, 6) is -11.4. The van der Waals surface area contributed by atoms with Crippen molar-refractivity contribution in [2.75, 3.05) is 13.2 Å². The smallest absolute Gasteiger partial charge is 0.381 e. The summed E-state index contributed by atoms with van der Waals surface area (Å²) in [6.45, 7) is 2.93. The highest BCUT2D eigenvalue weighted by molar-refractivity contribution is 5.92. The van der Waals surface area contributed by atoms with E-state index in [0.29, 0.717) is 30.7 Å². The molecule has 3 atom stereocenters. The van der Waals surface area contributed by atoms with Crippen molar-refractivity contribution in [3.8, 4) is 11.5 Å². The molecule has 4 rings (SSSR count). The number of esters is 2. The van der Waals surface area contributed by atoms with Crippen LogP contribution in [0.1, 0.15) is 56.6 Å². The lowest BCUT2D eigenvalue weighted by molar-refractivity contribution is -0.757. The molecule has 0 saturated heterocycles. The van der Waals surface area contributed by atoms with Gasteiger partial charge in [0.15, 0.2) is 0 Å². The summed E-state index contributed by atoms with van der Waals surface area (Å²) in [7, 11) is 0. The molecule has 0 amide bonds. The van der Waals surface area contributed by atoms with E-state index in [1.807, 2.05) is 13.8 Å². The van der Waals surface area contributed by atoms with Crippen molar-refractivity contribution in [3.05, 3.63) is 45.5 Å². The van der Waals surface area contributed by atoms with Crippen LogP contribution in [0.2, 0.25) is 0 Å². The van der Waals surface area contributed by atoms with Gasteiger partial charge in [-0.2, -0.15) is 8.78 Å². The number of ether oxygens (including phenoxy) is 2. The molecule has 0 radical (unpaired) electrons. The molecule has 0 heterocycles. The fourth-order valence-electron chi connectivity index (χ4n) is 5.24. The number of carbonyl (C=O) groups excluding carboxylic acids is 3. The van der Waals surface area contributed by atoms with Crippen molar-refractivity contribution in [3.63, 3.8) is 0 Å². The first kappa shape index (κ1) is 29.5. The minimum Gasteiger partial charge on any atom is -0.508 e. The molecule has 3 saturated carbocycles. The molecule has 0 unspecified atom stereocenters. The number of carboxylic acids is 1. The zero-order valence-electron chi connectivity index (χ0n) is 21.1. The molecular weight excluding hydrogens is 528 g/mol. The van der Waals surface area contributed by atoms with Gasteiger partial charge in [-0.05, 0) is 42.7 Å². The maximum atomic E-state index is 15.0. The number of hydrogen-bond acceptors (Lipinski definition) is 10. The lowest BCUT2D eigenvalue weighted by atomic mass is 9.44. The number of hydrogen-bond donors (Lipinski definition) is 2. The number of benzene rings is 1. The largest absolute Gasteiger partial charge is 0.508 e. The quantitative estimate of drug-likeness (QED) is 0.0965. The highest BCUT2D eigenvalue weighted by atomic mass is 19.3. The molecule has 1 aromatic rings. The molecule has 212 valence electrons. The number of phenolic OH excluding ortho intramolecular Hbond substituents is 1. The van der Waals surface area contributed by atoms with E-state index < -0.39 is 63.9 Å². The van der Waals surface area contributed by atoms with Crippen LogP contribution >= 0.6 is 0 Å². The van der Waals surface area contributed by atoms with Gasteiger partial charge < -0.3 is 24.5 Å². The van der Waals surface area contributed by atoms with Crippen LogP contribution in [-0.4, -0.2) is 52.2 Å². The summed E-state index contributed by atoms with van der Waals surface area (Å²) in [6, 6.07) is 1.31. The van der Waals surface area contributed by atoms with E-state index in [1.54, 1.807) is 0 Å². The number of carbonyl (C=O) groups is 4. The fourth-order valence-corrected chi connectivity index (χ4v) is 5.24. The molecule has 39 heavy (non-hydrogen) atoms. The SMILES string of the molecule is CC1(C)[C@@H]2C[C@H]1C(=O)C[C@H]2c1c(O)cc(C(F)(F)C(=O)OCCCCO[N+](=O)[O-])cc1OC(=O)/C=C/C(=O)O. The molecule has 3 fully saturated rings. The summed E-state index contributed by atoms with van der Waals surface area (Å²) < 4.78 is 39.8. The molecule has 0 aromatic heterocycles. The zero-order chi connectivity index (χ0) is 29.1. The third-order valence-electron chi connectivity index (χ3n) is 7.29. The maximum Gasteiger partial charge on any atom is 0.381 e. The Morgan fingerprint density at radius 3 is 2.46 bits per heavy atom. The maximum absolute atomic E-state index is 15.0. The van der Waals surface area contributed by atoms with Crippen LogP contribution < -0.4 is 4.74 Å². The van der Waals surface area contributed by atoms with Gasteiger partial charge in [0.1, 0.15) is 17.3 Å². The van der Waals surface area contributed by atoms with Crippen LogP contribution in [-0.2, 0) is 34.7 Å². The zero-order valence-corrected chi connectivity index (χ0v) is 21.1. The molecule has 2 N–H and O–H groups in total. The van der Waals surface area contributed by atoms with E-state index in [0.717, 1.165) is 0 Å². The van der Waals surface area contributed by atoms with Crippen LogP contribution in [0, 0.1) is 27.4 Å². The number of fused-ring (bicyclic) bond motifs is 2. The minimum atomic E-state index is -4.31. The molecule has 1 aromatic carbocycles. The summed E-state index contributed by atoms with van der Waals surface area (Å²) in [5, 5.41) is 28.7. The Labute approximate surface area is 220 Å². The number of phenols is 1. The predicted molar refractivity (Wildman–Crippen MR) is 125 cm³/mol. The number of rotatable bonds is 12. The first-order valence-corrected chi connectivity index (χ1v) is 12.0. The van der Waals surface area contributed by atoms with Crippen LogP contribution in [0.4, 0.5) is 8.78 Å². The Balaban J connectivity index is 1.89. The Morgan fingerprint density at radius 1 is 1.21 bits per heavy atom. The standard InChI is InChI=1S/C25H27F2NO11/c1-24(2)15-12-16(24)17(29)11-14(15)22-18(30)9-13(10-19(22)39-21(33)6-5-20(31)32)25(26,27)23(34)37-7-3-4-8-38-28(35)36/h5-6,9-10,14-16,30H,3-4,7-8,11-12H2,1-2H3,(H,31,32)/b6-5+/t14-,15-,16+/m1/s1. The van der Waals surface area contributed by atoms with E-state index in [2.05, 4.69) is 9.57 Å². The number of ketones is 1. The molecule has 3 aliphatic rings. The van der Waals surface area contributed by atoms with Crippen molar-refractivity contribution in [2.24, 2.45) is 17.3 Å². The number of aliphatic carboxylic acids is 1. The van der Waals surface area contributed by atoms with Gasteiger partial charge in [-0.25, -0.2) is 14.4 Å². The lowest BCUT2D eigenvalue weighted by Gasteiger charge is -2.59. The summed E-state index contributed by atoms with van der Waals surface area (Å²) in [5.41, 5.74) is -1.59. The summed E-state index contributed by atoms with van der Waals surface area (Å²) in [4.78, 5) is 62.1. The summed E-state index contributed by atoms with van der Waals surface area (Å²) >= 11 is 0. The number of nitrogens with zero attached hydrogens (tertiary/aromatic N) is 1. The second kappa shape index (κ2) is 11.3. The minimum absolute atomic E-state index is 0.00744. The van der Waals surface area contributed by atoms with Gasteiger partial charge in [0.25, 0.3) is 5.09 Å². The van der Waals surface area contributed by atoms with E-state index in [1.165, 1.54) is 0 Å². The van der Waals surface area contributed by atoms with Crippen LogP contribution in [0.3, 0.4) is 0 Å². The summed E-state index contributed by atoms with van der Waals surface area (Å²) in [6.07, 6.45) is 1.53. The van der Waals surface area contributed by atoms with Gasteiger partial charge in [0.05, 0.1) is 13.2 Å². The predicted octanol–water partition coefficient (Wildman–Crippen LogP) is 3.28. The molecule has 0 aliphatic heterocycles. The van der Waals surface area contributed by atoms with Crippen molar-refractivity contribution < 1.29 is 57.6 Å². The monoisotopic (exact) mass is 555 g/mol. The average molecular weight is 555 g/mol. The Morgan fingerprint density at radius 2 is 1.87 bits per heavy atom. The lowest BCUT2D eigenvalue weighted by Crippen LogP contribution is -2.56. The van der Waals surface area contributed by atoms with E-state index in [-0.39, 0.29) is 49.1 Å². The van der Waals surface area contributed by atoms with Gasteiger partial charge >= 0.3 is 23.8 Å². The topological polar surface area (TPSA) is 180 Å². The molecule has 0 spiro atoms. The Kier molecular flexibility index (Phi) is 8.56. The fraction of sp³-hybridized carbons (Fsp3) is 0.520. The van der Waals surface area contributed by atoms with Gasteiger partial charge in [0.2, 0.25) is 0 Å². The van der Waals surface area contributed by atoms with Crippen LogP contribution in [0.25, 0.3) is 0 Å². The van der Waals surface area contributed by atoms with Gasteiger partial charge in [-0.15, -0.1) is 10.1 Å². The van der Waals surface area contributed by atoms with E-state index in [4.69, 9.17) is 9.84 Å². The van der Waals surface area contributed by atoms with Crippen LogP contribution in [0.5, 0.6) is 11.5 Å². The van der Waals surface area contributed by atoms with Crippen LogP contribution in [0.15, 0.2) is 24.3 Å². The number of carboxylic acid groups (broad SMARTS) is 1. The third kappa shape index (κ3) is 6.32. The molecule has 14 heteroatoms. The van der Waals surface area contributed by atoms with Gasteiger partial charge in [-0.1, -0.05) is 13.8 Å². The molecule has 12 nitrogen and oxygen atoms in total. The second-order valence-corrected chi connectivity index (χ2v) is 9.97. The Bertz CT molecular complexity index is 1210. The molecular formula is C25H27F2NO11. The third-order valence-corrected chi connectivity index (χ3v) is 7.29. The van der Waals surface area contributed by atoms with Gasteiger partial charge in [0, 0.05) is 41.5 Å². The van der Waals surface area contributed by atoms with Gasteiger partial charge in [-0.3, -0.25) is 4.79 Å². The highest BCUT2D eigenvalue weighted by Gasteiger charge is 2.59. The first-order chi connectivity index (χ1) is 18.2. The molecule has 3 aliphatic carbocycles. The second-order valence-electron chi connectivity index (χ2n) is 9.97. The van der Waals surface area contributed by atoms with Crippen molar-refractivity contribution in [1.82, 2.24) is 0 Å². The van der Waals surface area contributed by atoms with E-state index >= 15 is 8.78 Å². The Hall–Kier alpha value is -4.10.